The number of rotatable bonds is 5. The summed E-state index contributed by atoms with van der Waals surface area (Å²) < 4.78 is 1.76. The van der Waals surface area contributed by atoms with Crippen LogP contribution in [0.4, 0.5) is 0 Å². The molecule has 1 fully saturated rings. The highest BCUT2D eigenvalue weighted by Gasteiger charge is 2.33. The Kier molecular flexibility index (Phi) is 4.89. The van der Waals surface area contributed by atoms with Crippen LogP contribution in [-0.4, -0.2) is 69.3 Å². The number of fused-ring (bicyclic) bond motifs is 5. The summed E-state index contributed by atoms with van der Waals surface area (Å²) in [6.07, 6.45) is 8.21. The van der Waals surface area contributed by atoms with Crippen molar-refractivity contribution in [3.05, 3.63) is 45.3 Å². The lowest BCUT2D eigenvalue weighted by atomic mass is 9.84. The lowest BCUT2D eigenvalue weighted by molar-refractivity contribution is 0.0323. The second-order valence-corrected chi connectivity index (χ2v) is 10.8. The number of allylic oxidation sites excluding steroid dienone is 1. The molecule has 6 heterocycles. The summed E-state index contributed by atoms with van der Waals surface area (Å²) in [5, 5.41) is 8.14. The summed E-state index contributed by atoms with van der Waals surface area (Å²) in [7, 11) is 0. The average molecular weight is 476 g/mol. The van der Waals surface area contributed by atoms with Crippen molar-refractivity contribution in [1.29, 1.82) is 0 Å². The average Bonchev–Trinajstić information content (AvgIpc) is 3.36. The Balaban J connectivity index is 1.27. The Morgan fingerprint density at radius 1 is 1.29 bits per heavy atom. The lowest BCUT2D eigenvalue weighted by Crippen LogP contribution is -2.54. The summed E-state index contributed by atoms with van der Waals surface area (Å²) in [5.74, 6) is -0.199. The minimum Gasteiger partial charge on any atom is -0.351 e. The molecule has 4 aromatic rings. The summed E-state index contributed by atoms with van der Waals surface area (Å²) in [6, 6.07) is 1.68. The molecule has 1 amide bonds. The van der Waals surface area contributed by atoms with E-state index < -0.39 is 0 Å². The Morgan fingerprint density at radius 3 is 2.91 bits per heavy atom. The molecule has 0 atom stereocenters. The molecule has 2 N–H and O–H groups in total. The monoisotopic (exact) mass is 475 g/mol. The number of nitrogens with one attached hydrogen (secondary N) is 2. The molecule has 10 heteroatoms. The molecular formula is C24H25N7O2S. The molecule has 174 valence electrons. The van der Waals surface area contributed by atoms with Gasteiger partial charge in [0.05, 0.1) is 16.0 Å². The van der Waals surface area contributed by atoms with Crippen molar-refractivity contribution >= 4 is 55.8 Å². The van der Waals surface area contributed by atoms with Crippen molar-refractivity contribution in [3.8, 4) is 0 Å². The number of carbonyl (C=O) groups excluding carboxylic acids is 1. The SMILES string of the molecule is CC1(C)CN(CCNC(=O)c2cnc3c(c2)[nH]c(=O)c2c3nn3cc(C4=CC=NCC4)sc23)C1. The van der Waals surface area contributed by atoms with Gasteiger partial charge in [0.15, 0.2) is 0 Å². The number of aromatic amines is 1. The number of dihydropyridines is 1. The van der Waals surface area contributed by atoms with Crippen LogP contribution in [0.5, 0.6) is 0 Å². The van der Waals surface area contributed by atoms with Gasteiger partial charge in [0.2, 0.25) is 0 Å². The van der Waals surface area contributed by atoms with E-state index in [0.717, 1.165) is 42.3 Å². The van der Waals surface area contributed by atoms with E-state index in [9.17, 15) is 9.59 Å². The number of likely N-dealkylation sites (tertiary alicyclic amines) is 1. The minimum atomic E-state index is -0.232. The molecule has 6 rings (SSSR count). The van der Waals surface area contributed by atoms with Crippen molar-refractivity contribution in [1.82, 2.24) is 29.8 Å². The van der Waals surface area contributed by atoms with Gasteiger partial charge < -0.3 is 15.2 Å². The van der Waals surface area contributed by atoms with Crippen LogP contribution >= 0.6 is 11.3 Å². The first-order valence-corrected chi connectivity index (χ1v) is 12.2. The number of aromatic nitrogens is 4. The van der Waals surface area contributed by atoms with E-state index in [4.69, 9.17) is 0 Å². The molecule has 0 radical (unpaired) electrons. The molecular weight excluding hydrogens is 450 g/mol. The molecule has 1 saturated heterocycles. The second kappa shape index (κ2) is 7.85. The van der Waals surface area contributed by atoms with Crippen LogP contribution in [0, 0.1) is 5.41 Å². The van der Waals surface area contributed by atoms with Gasteiger partial charge in [0.1, 0.15) is 21.3 Å². The molecule has 0 unspecified atom stereocenters. The van der Waals surface area contributed by atoms with Gasteiger partial charge in [-0.25, -0.2) is 4.52 Å². The molecule has 0 aromatic carbocycles. The second-order valence-electron chi connectivity index (χ2n) is 9.77. The van der Waals surface area contributed by atoms with Gasteiger partial charge in [-0.2, -0.15) is 5.10 Å². The van der Waals surface area contributed by atoms with Crippen LogP contribution in [0.2, 0.25) is 0 Å². The molecule has 0 spiro atoms. The lowest BCUT2D eigenvalue weighted by Gasteiger charge is -2.45. The van der Waals surface area contributed by atoms with Crippen LogP contribution < -0.4 is 10.9 Å². The highest BCUT2D eigenvalue weighted by atomic mass is 32.1. The summed E-state index contributed by atoms with van der Waals surface area (Å²) in [5.41, 5.74) is 3.38. The highest BCUT2D eigenvalue weighted by molar-refractivity contribution is 7.19. The predicted octanol–water partition coefficient (Wildman–Crippen LogP) is 2.72. The van der Waals surface area contributed by atoms with Gasteiger partial charge in [-0.3, -0.25) is 19.6 Å². The van der Waals surface area contributed by atoms with Gasteiger partial charge in [-0.1, -0.05) is 13.8 Å². The van der Waals surface area contributed by atoms with E-state index in [-0.39, 0.29) is 11.5 Å². The van der Waals surface area contributed by atoms with Crippen LogP contribution in [0.1, 0.15) is 35.5 Å². The van der Waals surface area contributed by atoms with Crippen molar-refractivity contribution in [2.45, 2.75) is 20.3 Å². The van der Waals surface area contributed by atoms with Gasteiger partial charge in [0, 0.05) is 51.3 Å². The summed E-state index contributed by atoms with van der Waals surface area (Å²) >= 11 is 1.54. The molecule has 0 bridgehead atoms. The molecule has 0 aliphatic carbocycles. The first kappa shape index (κ1) is 21.2. The maximum atomic E-state index is 13.0. The van der Waals surface area contributed by atoms with Gasteiger partial charge in [0.25, 0.3) is 11.5 Å². The number of amides is 1. The van der Waals surface area contributed by atoms with E-state index in [0.29, 0.717) is 39.5 Å². The fraction of sp³-hybridized carbons (Fsp3) is 0.375. The Hall–Kier alpha value is -3.37. The van der Waals surface area contributed by atoms with Gasteiger partial charge in [-0.05, 0) is 29.6 Å². The van der Waals surface area contributed by atoms with Crippen LogP contribution in [0.15, 0.2) is 34.3 Å². The van der Waals surface area contributed by atoms with E-state index >= 15 is 0 Å². The number of carbonyl (C=O) groups is 1. The molecule has 4 aromatic heterocycles. The largest absolute Gasteiger partial charge is 0.351 e. The first-order valence-electron chi connectivity index (χ1n) is 11.4. The third kappa shape index (κ3) is 3.63. The number of aliphatic imine (C=N–C) groups is 1. The minimum absolute atomic E-state index is 0.199. The maximum absolute atomic E-state index is 13.0. The van der Waals surface area contributed by atoms with Crippen LogP contribution in [-0.2, 0) is 0 Å². The maximum Gasteiger partial charge on any atom is 0.261 e. The third-order valence-electron chi connectivity index (χ3n) is 6.39. The number of nitrogens with zero attached hydrogens (tertiary/aromatic N) is 5. The quantitative estimate of drug-likeness (QED) is 0.462. The van der Waals surface area contributed by atoms with Crippen molar-refractivity contribution in [3.63, 3.8) is 0 Å². The fourth-order valence-electron chi connectivity index (χ4n) is 4.87. The van der Waals surface area contributed by atoms with Crippen molar-refractivity contribution in [2.75, 3.05) is 32.7 Å². The third-order valence-corrected chi connectivity index (χ3v) is 7.56. The normalized spacial score (nSPS) is 17.9. The fourth-order valence-corrected chi connectivity index (χ4v) is 6.01. The topological polar surface area (TPSA) is 108 Å². The van der Waals surface area contributed by atoms with Crippen molar-refractivity contribution < 1.29 is 4.79 Å². The van der Waals surface area contributed by atoms with Crippen LogP contribution in [0.25, 0.3) is 32.3 Å². The first-order chi connectivity index (χ1) is 16.4. The zero-order valence-electron chi connectivity index (χ0n) is 19.1. The van der Waals surface area contributed by atoms with E-state index in [1.165, 1.54) is 5.57 Å². The zero-order chi connectivity index (χ0) is 23.4. The number of H-pyrrole nitrogens is 1. The van der Waals surface area contributed by atoms with E-state index in [1.54, 1.807) is 28.1 Å². The molecule has 34 heavy (non-hydrogen) atoms. The zero-order valence-corrected chi connectivity index (χ0v) is 19.9. The summed E-state index contributed by atoms with van der Waals surface area (Å²) in [4.78, 5) is 41.5. The standard InChI is InChI=1S/C24H25N7O2S/c1-24(2)12-30(13-24)8-7-26-21(32)15-9-16-19(27-10-15)20-18(22(33)28-16)23-31(29-20)11-17(34-23)14-3-5-25-6-4-14/h3,5,9-11H,4,6-8,12-13H2,1-2H3,(H,26,32)(H,28,33). The number of hydrogen-bond acceptors (Lipinski definition) is 7. The molecule has 2 aliphatic heterocycles. The number of hydrogen-bond donors (Lipinski definition) is 2. The van der Waals surface area contributed by atoms with Gasteiger partial charge in [-0.15, -0.1) is 11.3 Å². The smallest absolute Gasteiger partial charge is 0.261 e. The number of thiazole rings is 1. The Bertz CT molecular complexity index is 1570. The molecule has 2 aliphatic rings. The summed E-state index contributed by atoms with van der Waals surface area (Å²) in [6.45, 7) is 8.75. The van der Waals surface area contributed by atoms with E-state index in [1.807, 2.05) is 18.5 Å². The molecule has 9 nitrogen and oxygen atoms in total. The Labute approximate surface area is 199 Å². The van der Waals surface area contributed by atoms with Crippen LogP contribution in [0.3, 0.4) is 0 Å². The molecule has 0 saturated carbocycles. The highest BCUT2D eigenvalue weighted by Crippen LogP contribution is 2.32. The Morgan fingerprint density at radius 2 is 2.15 bits per heavy atom. The van der Waals surface area contributed by atoms with Crippen molar-refractivity contribution in [2.24, 2.45) is 10.4 Å². The number of pyridine rings is 2. The van der Waals surface area contributed by atoms with Gasteiger partial charge >= 0.3 is 0 Å². The predicted molar refractivity (Wildman–Crippen MR) is 135 cm³/mol. The van der Waals surface area contributed by atoms with E-state index in [2.05, 4.69) is 44.1 Å².